The molecule has 0 bridgehead atoms. The third kappa shape index (κ3) is 3.99. The molecule has 2 heterocycles. The summed E-state index contributed by atoms with van der Waals surface area (Å²) < 4.78 is 5.95. The lowest BCUT2D eigenvalue weighted by Gasteiger charge is -2.19. The van der Waals surface area contributed by atoms with Gasteiger partial charge < -0.3 is 14.7 Å². The van der Waals surface area contributed by atoms with E-state index in [0.29, 0.717) is 25.3 Å². The Morgan fingerprint density at radius 2 is 2.12 bits per heavy atom. The van der Waals surface area contributed by atoms with Crippen molar-refractivity contribution in [3.05, 3.63) is 58.9 Å². The summed E-state index contributed by atoms with van der Waals surface area (Å²) in [5.74, 6) is 1.05. The lowest BCUT2D eigenvalue weighted by molar-refractivity contribution is 0.0781. The molecule has 3 rings (SSSR count). The molecule has 0 radical (unpaired) electrons. The standard InChI is InChI=1S/C20H24N2O3/c1-14-8-18(20(24)22-7-5-17(11-22)12-23)9-15(2)19(14)25-13-16-4-3-6-21-10-16/h3-4,6,8-10,17,23H,5,7,11-13H2,1-2H3. The van der Waals surface area contributed by atoms with Gasteiger partial charge in [-0.05, 0) is 49.6 Å². The number of carbonyl (C=O) groups is 1. The largest absolute Gasteiger partial charge is 0.488 e. The van der Waals surface area contributed by atoms with Crippen LogP contribution in [0.3, 0.4) is 0 Å². The summed E-state index contributed by atoms with van der Waals surface area (Å²) >= 11 is 0. The number of benzene rings is 1. The van der Waals surface area contributed by atoms with Crippen LogP contribution in [0.4, 0.5) is 0 Å². The van der Waals surface area contributed by atoms with Gasteiger partial charge in [-0.25, -0.2) is 0 Å². The second-order valence-electron chi connectivity index (χ2n) is 6.68. The fourth-order valence-corrected chi connectivity index (χ4v) is 3.29. The normalized spacial score (nSPS) is 16.9. The molecule has 1 aromatic carbocycles. The van der Waals surface area contributed by atoms with Crippen LogP contribution in [0.5, 0.6) is 5.75 Å². The molecule has 0 spiro atoms. The SMILES string of the molecule is Cc1cc(C(=O)N2CCC(CO)C2)cc(C)c1OCc1cccnc1. The Morgan fingerprint density at radius 1 is 1.36 bits per heavy atom. The van der Waals surface area contributed by atoms with Gasteiger partial charge in [0.05, 0.1) is 0 Å². The third-order valence-corrected chi connectivity index (χ3v) is 4.64. The second kappa shape index (κ2) is 7.66. The highest BCUT2D eigenvalue weighted by Gasteiger charge is 2.27. The van der Waals surface area contributed by atoms with Gasteiger partial charge in [-0.15, -0.1) is 0 Å². The molecular formula is C20H24N2O3. The van der Waals surface area contributed by atoms with Gasteiger partial charge in [-0.2, -0.15) is 0 Å². The van der Waals surface area contributed by atoms with Crippen molar-refractivity contribution in [3.8, 4) is 5.75 Å². The molecule has 1 saturated heterocycles. The van der Waals surface area contributed by atoms with E-state index in [9.17, 15) is 9.90 Å². The molecule has 1 atom stereocenters. The Balaban J connectivity index is 1.72. The molecule has 1 unspecified atom stereocenters. The van der Waals surface area contributed by atoms with E-state index < -0.39 is 0 Å². The lowest BCUT2D eigenvalue weighted by atomic mass is 10.0. The number of aryl methyl sites for hydroxylation is 2. The predicted molar refractivity (Wildman–Crippen MR) is 95.6 cm³/mol. The molecule has 132 valence electrons. The molecule has 1 amide bonds. The zero-order chi connectivity index (χ0) is 17.8. The predicted octanol–water partition coefficient (Wildman–Crippen LogP) is 2.73. The summed E-state index contributed by atoms with van der Waals surface area (Å²) in [5, 5.41) is 9.25. The quantitative estimate of drug-likeness (QED) is 0.909. The van der Waals surface area contributed by atoms with Gasteiger partial charge in [-0.3, -0.25) is 9.78 Å². The van der Waals surface area contributed by atoms with Gasteiger partial charge in [0.25, 0.3) is 5.91 Å². The molecule has 0 saturated carbocycles. The first-order chi connectivity index (χ1) is 12.1. The molecule has 0 aliphatic carbocycles. The first-order valence-electron chi connectivity index (χ1n) is 8.61. The van der Waals surface area contributed by atoms with Crippen molar-refractivity contribution in [2.45, 2.75) is 26.9 Å². The van der Waals surface area contributed by atoms with Crippen LogP contribution in [0.25, 0.3) is 0 Å². The van der Waals surface area contributed by atoms with Crippen molar-refractivity contribution in [1.29, 1.82) is 0 Å². The van der Waals surface area contributed by atoms with Crippen LogP contribution in [0.2, 0.25) is 0 Å². The molecule has 1 aliphatic heterocycles. The molecule has 1 aromatic heterocycles. The Morgan fingerprint density at radius 3 is 2.72 bits per heavy atom. The number of ether oxygens (including phenoxy) is 1. The van der Waals surface area contributed by atoms with E-state index in [-0.39, 0.29) is 18.4 Å². The fourth-order valence-electron chi connectivity index (χ4n) is 3.29. The number of aromatic nitrogens is 1. The van der Waals surface area contributed by atoms with Gasteiger partial charge >= 0.3 is 0 Å². The van der Waals surface area contributed by atoms with Crippen LogP contribution in [-0.2, 0) is 6.61 Å². The van der Waals surface area contributed by atoms with Crippen LogP contribution in [-0.4, -0.2) is 40.6 Å². The second-order valence-corrected chi connectivity index (χ2v) is 6.68. The van der Waals surface area contributed by atoms with Crippen molar-refractivity contribution in [3.63, 3.8) is 0 Å². The molecule has 25 heavy (non-hydrogen) atoms. The number of aliphatic hydroxyl groups excluding tert-OH is 1. The van der Waals surface area contributed by atoms with E-state index in [2.05, 4.69) is 4.98 Å². The summed E-state index contributed by atoms with van der Waals surface area (Å²) in [6.45, 7) is 5.86. The number of nitrogens with zero attached hydrogens (tertiary/aromatic N) is 2. The van der Waals surface area contributed by atoms with E-state index in [1.807, 2.05) is 43.0 Å². The highest BCUT2D eigenvalue weighted by molar-refractivity contribution is 5.95. The minimum absolute atomic E-state index is 0.0287. The Hall–Kier alpha value is -2.40. The van der Waals surface area contributed by atoms with Crippen LogP contribution >= 0.6 is 0 Å². The van der Waals surface area contributed by atoms with Gasteiger partial charge in [0.2, 0.25) is 0 Å². The summed E-state index contributed by atoms with van der Waals surface area (Å²) in [6.07, 6.45) is 4.39. The zero-order valence-corrected chi connectivity index (χ0v) is 14.7. The van der Waals surface area contributed by atoms with Crippen LogP contribution < -0.4 is 4.74 Å². The monoisotopic (exact) mass is 340 g/mol. The van der Waals surface area contributed by atoms with Gasteiger partial charge in [0.15, 0.2) is 0 Å². The number of amides is 1. The topological polar surface area (TPSA) is 62.7 Å². The summed E-state index contributed by atoms with van der Waals surface area (Å²) in [6, 6.07) is 7.64. The highest BCUT2D eigenvalue weighted by Crippen LogP contribution is 2.27. The third-order valence-electron chi connectivity index (χ3n) is 4.64. The number of rotatable bonds is 5. The summed E-state index contributed by atoms with van der Waals surface area (Å²) in [4.78, 5) is 18.6. The zero-order valence-electron chi connectivity index (χ0n) is 14.7. The maximum atomic E-state index is 12.7. The van der Waals surface area contributed by atoms with Gasteiger partial charge in [-0.1, -0.05) is 6.07 Å². The van der Waals surface area contributed by atoms with E-state index in [0.717, 1.165) is 28.9 Å². The van der Waals surface area contributed by atoms with Crippen LogP contribution in [0.1, 0.15) is 33.5 Å². The molecular weight excluding hydrogens is 316 g/mol. The summed E-state index contributed by atoms with van der Waals surface area (Å²) in [5.41, 5.74) is 3.59. The Labute approximate surface area is 148 Å². The number of aliphatic hydroxyl groups is 1. The molecule has 1 fully saturated rings. The van der Waals surface area contributed by atoms with Gasteiger partial charge in [0, 0.05) is 49.1 Å². The molecule has 2 aromatic rings. The van der Waals surface area contributed by atoms with Crippen molar-refractivity contribution in [2.75, 3.05) is 19.7 Å². The number of pyridine rings is 1. The first-order valence-corrected chi connectivity index (χ1v) is 8.61. The minimum atomic E-state index is 0.0287. The smallest absolute Gasteiger partial charge is 0.253 e. The molecule has 5 nitrogen and oxygen atoms in total. The summed E-state index contributed by atoms with van der Waals surface area (Å²) in [7, 11) is 0. The first kappa shape index (κ1) is 17.4. The van der Waals surface area contributed by atoms with E-state index in [1.54, 1.807) is 12.4 Å². The maximum absolute atomic E-state index is 12.7. The van der Waals surface area contributed by atoms with Crippen LogP contribution in [0.15, 0.2) is 36.7 Å². The fraction of sp³-hybridized carbons (Fsp3) is 0.400. The van der Waals surface area contributed by atoms with Crippen LogP contribution in [0, 0.1) is 19.8 Å². The number of hydrogen-bond acceptors (Lipinski definition) is 4. The number of hydrogen-bond donors (Lipinski definition) is 1. The number of likely N-dealkylation sites (tertiary alicyclic amines) is 1. The van der Waals surface area contributed by atoms with E-state index in [4.69, 9.17) is 4.74 Å². The average molecular weight is 340 g/mol. The Kier molecular flexibility index (Phi) is 5.34. The minimum Gasteiger partial charge on any atom is -0.488 e. The van der Waals surface area contributed by atoms with E-state index >= 15 is 0 Å². The maximum Gasteiger partial charge on any atom is 0.253 e. The van der Waals surface area contributed by atoms with E-state index in [1.165, 1.54) is 0 Å². The molecule has 1 N–H and O–H groups in total. The molecule has 5 heteroatoms. The highest BCUT2D eigenvalue weighted by atomic mass is 16.5. The van der Waals surface area contributed by atoms with Crippen molar-refractivity contribution >= 4 is 5.91 Å². The van der Waals surface area contributed by atoms with Crippen molar-refractivity contribution in [2.24, 2.45) is 5.92 Å². The molecule has 1 aliphatic rings. The van der Waals surface area contributed by atoms with Crippen molar-refractivity contribution < 1.29 is 14.6 Å². The average Bonchev–Trinajstić information content (AvgIpc) is 3.10. The van der Waals surface area contributed by atoms with Crippen molar-refractivity contribution in [1.82, 2.24) is 9.88 Å². The van der Waals surface area contributed by atoms with Gasteiger partial charge in [0.1, 0.15) is 12.4 Å². The lowest BCUT2D eigenvalue weighted by Crippen LogP contribution is -2.29. The number of carbonyl (C=O) groups excluding carboxylic acids is 1. The Bertz CT molecular complexity index is 723.